The molecule has 4 N–H and O–H groups in total. The van der Waals surface area contributed by atoms with Crippen molar-refractivity contribution in [3.8, 4) is 0 Å². The zero-order valence-corrected chi connectivity index (χ0v) is 16.4. The number of fused-ring (bicyclic) bond motifs is 1. The minimum absolute atomic E-state index is 0.262. The third kappa shape index (κ3) is 4.49. The predicted octanol–water partition coefficient (Wildman–Crippen LogP) is 4.18. The summed E-state index contributed by atoms with van der Waals surface area (Å²) in [6, 6.07) is 8.89. The second-order valence-electron chi connectivity index (χ2n) is 5.68. The Bertz CT molecular complexity index is 1100. The maximum atomic E-state index is 13.3. The molecule has 142 valence electrons. The molecule has 0 bridgehead atoms. The van der Waals surface area contributed by atoms with E-state index in [0.29, 0.717) is 33.7 Å². The van der Waals surface area contributed by atoms with E-state index in [-0.39, 0.29) is 4.47 Å². The number of benzene rings is 2. The van der Waals surface area contributed by atoms with Crippen LogP contribution in [0.2, 0.25) is 0 Å². The first-order valence-corrected chi connectivity index (χ1v) is 8.93. The summed E-state index contributed by atoms with van der Waals surface area (Å²) >= 11 is 3.08. The molecule has 0 radical (unpaired) electrons. The van der Waals surface area contributed by atoms with Gasteiger partial charge < -0.3 is 16.4 Å². The molecule has 0 unspecified atom stereocenters. The minimum atomic E-state index is -0.470. The number of aliphatic imine (C=N–C) groups is 1. The van der Waals surface area contributed by atoms with Gasteiger partial charge >= 0.3 is 6.03 Å². The summed E-state index contributed by atoms with van der Waals surface area (Å²) in [5.74, 6) is -0.408. The molecule has 3 rings (SSSR count). The monoisotopic (exact) mass is 442 g/mol. The van der Waals surface area contributed by atoms with Crippen LogP contribution in [0.15, 0.2) is 58.3 Å². The first kappa shape index (κ1) is 19.4. The fourth-order valence-corrected chi connectivity index (χ4v) is 2.81. The number of nitrogens with zero attached hydrogens (tertiary/aromatic N) is 3. The number of nitrogens with one attached hydrogen (secondary N) is 2. The molecule has 0 aliphatic heterocycles. The first-order valence-electron chi connectivity index (χ1n) is 8.14. The number of carbonyl (C=O) groups is 1. The van der Waals surface area contributed by atoms with Gasteiger partial charge in [0.15, 0.2) is 0 Å². The van der Waals surface area contributed by atoms with Crippen molar-refractivity contribution < 1.29 is 9.18 Å². The van der Waals surface area contributed by atoms with E-state index in [0.717, 1.165) is 0 Å². The molecule has 0 saturated carbocycles. The van der Waals surface area contributed by atoms with Crippen molar-refractivity contribution >= 4 is 56.2 Å². The van der Waals surface area contributed by atoms with Gasteiger partial charge in [0, 0.05) is 36.4 Å². The fraction of sp³-hybridized carbons (Fsp3) is 0.0526. The number of halogens is 2. The second kappa shape index (κ2) is 8.57. The van der Waals surface area contributed by atoms with E-state index in [4.69, 9.17) is 5.73 Å². The molecule has 0 aliphatic carbocycles. The Morgan fingerprint density at radius 1 is 1.18 bits per heavy atom. The predicted molar refractivity (Wildman–Crippen MR) is 113 cm³/mol. The Morgan fingerprint density at radius 2 is 1.89 bits per heavy atom. The number of rotatable bonds is 4. The number of carbonyl (C=O) groups excluding carboxylic acids is 1. The summed E-state index contributed by atoms with van der Waals surface area (Å²) < 4.78 is 13.5. The molecule has 2 amide bonds. The van der Waals surface area contributed by atoms with Crippen LogP contribution in [-0.4, -0.2) is 29.3 Å². The Morgan fingerprint density at radius 3 is 2.57 bits per heavy atom. The Kier molecular flexibility index (Phi) is 5.95. The second-order valence-corrected chi connectivity index (χ2v) is 6.53. The van der Waals surface area contributed by atoms with Crippen molar-refractivity contribution in [3.63, 3.8) is 0 Å². The van der Waals surface area contributed by atoms with E-state index in [1.807, 2.05) is 0 Å². The quantitative estimate of drug-likeness (QED) is 0.527. The van der Waals surface area contributed by atoms with E-state index >= 15 is 0 Å². The Hall–Kier alpha value is -3.33. The third-order valence-electron chi connectivity index (χ3n) is 3.72. The highest BCUT2D eigenvalue weighted by Gasteiger charge is 2.08. The lowest BCUT2D eigenvalue weighted by molar-refractivity contribution is 0.262. The average molecular weight is 443 g/mol. The number of amides is 2. The van der Waals surface area contributed by atoms with E-state index in [1.54, 1.807) is 37.7 Å². The standard InChI is InChI=1S/C19H16BrFN6O/c1-23-9-11(8-22)18-10-24-16-5-3-13(7-17(16)27-18)26-19(28)25-12-2-4-15(21)14(20)6-12/h2-10H,22H2,1H3,(H2,25,26,28). The van der Waals surface area contributed by atoms with Crippen molar-refractivity contribution in [1.82, 2.24) is 9.97 Å². The fourth-order valence-electron chi connectivity index (χ4n) is 2.43. The third-order valence-corrected chi connectivity index (χ3v) is 4.33. The van der Waals surface area contributed by atoms with Crippen molar-refractivity contribution in [3.05, 3.63) is 64.8 Å². The van der Waals surface area contributed by atoms with E-state index in [9.17, 15) is 9.18 Å². The molecule has 28 heavy (non-hydrogen) atoms. The summed E-state index contributed by atoms with van der Waals surface area (Å²) in [7, 11) is 1.64. The molecule has 0 aliphatic rings. The van der Waals surface area contributed by atoms with Crippen LogP contribution in [-0.2, 0) is 0 Å². The van der Waals surface area contributed by atoms with Gasteiger partial charge in [-0.15, -0.1) is 0 Å². The molecule has 1 aromatic heterocycles. The van der Waals surface area contributed by atoms with Gasteiger partial charge in [-0.3, -0.25) is 9.98 Å². The number of aromatic nitrogens is 2. The van der Waals surface area contributed by atoms with Gasteiger partial charge in [-0.2, -0.15) is 0 Å². The minimum Gasteiger partial charge on any atom is -0.404 e. The van der Waals surface area contributed by atoms with Crippen molar-refractivity contribution in [1.29, 1.82) is 0 Å². The molecule has 0 spiro atoms. The lowest BCUT2D eigenvalue weighted by atomic mass is 10.2. The van der Waals surface area contributed by atoms with Crippen LogP contribution >= 0.6 is 15.9 Å². The molecule has 3 aromatic rings. The number of hydrogen-bond donors (Lipinski definition) is 3. The smallest absolute Gasteiger partial charge is 0.323 e. The van der Waals surface area contributed by atoms with Gasteiger partial charge in [0.05, 0.1) is 27.4 Å². The lowest BCUT2D eigenvalue weighted by Crippen LogP contribution is -2.19. The number of nitrogens with two attached hydrogens (primary N) is 1. The molecule has 0 saturated heterocycles. The van der Waals surface area contributed by atoms with Crippen LogP contribution in [0.4, 0.5) is 20.6 Å². The van der Waals surface area contributed by atoms with Gasteiger partial charge in [-0.25, -0.2) is 14.2 Å². The van der Waals surface area contributed by atoms with Gasteiger partial charge in [0.1, 0.15) is 5.82 Å². The molecule has 9 heteroatoms. The molecule has 0 atom stereocenters. The first-order chi connectivity index (χ1) is 13.5. The van der Waals surface area contributed by atoms with E-state index in [1.165, 1.54) is 24.4 Å². The Labute approximate surface area is 168 Å². The normalized spacial score (nSPS) is 11.8. The van der Waals surface area contributed by atoms with Gasteiger partial charge in [0.2, 0.25) is 0 Å². The van der Waals surface area contributed by atoms with Gasteiger partial charge in [0.25, 0.3) is 0 Å². The molecule has 2 aromatic carbocycles. The largest absolute Gasteiger partial charge is 0.404 e. The maximum Gasteiger partial charge on any atom is 0.323 e. The average Bonchev–Trinajstić information content (AvgIpc) is 2.68. The number of urea groups is 1. The van der Waals surface area contributed by atoms with Crippen LogP contribution < -0.4 is 16.4 Å². The molecule has 1 heterocycles. The molecular formula is C19H16BrFN6O. The molecule has 0 fully saturated rings. The van der Waals surface area contributed by atoms with Crippen LogP contribution in [0, 0.1) is 5.82 Å². The molecule has 7 nitrogen and oxygen atoms in total. The zero-order valence-electron chi connectivity index (χ0n) is 14.8. The van der Waals surface area contributed by atoms with Crippen LogP contribution in [0.5, 0.6) is 0 Å². The highest BCUT2D eigenvalue weighted by Crippen LogP contribution is 2.21. The van der Waals surface area contributed by atoms with Gasteiger partial charge in [-0.1, -0.05) is 0 Å². The highest BCUT2D eigenvalue weighted by molar-refractivity contribution is 9.10. The van der Waals surface area contributed by atoms with E-state index < -0.39 is 11.8 Å². The SMILES string of the molecule is CN=CC(=CN)c1cnc2ccc(NC(=O)Nc3ccc(F)c(Br)c3)cc2n1. The number of anilines is 2. The Balaban J connectivity index is 1.80. The number of hydrogen-bond acceptors (Lipinski definition) is 5. The van der Waals surface area contributed by atoms with Gasteiger partial charge in [-0.05, 0) is 52.3 Å². The van der Waals surface area contributed by atoms with Crippen LogP contribution in [0.1, 0.15) is 5.69 Å². The lowest BCUT2D eigenvalue weighted by Gasteiger charge is -2.09. The summed E-state index contributed by atoms with van der Waals surface area (Å²) in [6.07, 6.45) is 4.60. The van der Waals surface area contributed by atoms with Crippen LogP contribution in [0.25, 0.3) is 16.6 Å². The van der Waals surface area contributed by atoms with Crippen molar-refractivity contribution in [2.75, 3.05) is 17.7 Å². The topological polar surface area (TPSA) is 105 Å². The summed E-state index contributed by atoms with van der Waals surface area (Å²) in [6.45, 7) is 0. The van der Waals surface area contributed by atoms with Crippen molar-refractivity contribution in [2.24, 2.45) is 10.7 Å². The molecular weight excluding hydrogens is 427 g/mol. The van der Waals surface area contributed by atoms with Crippen LogP contribution in [0.3, 0.4) is 0 Å². The van der Waals surface area contributed by atoms with E-state index in [2.05, 4.69) is 41.5 Å². The summed E-state index contributed by atoms with van der Waals surface area (Å²) in [4.78, 5) is 25.0. The zero-order chi connectivity index (χ0) is 20.1. The maximum absolute atomic E-state index is 13.3. The summed E-state index contributed by atoms with van der Waals surface area (Å²) in [5, 5.41) is 5.35. The number of allylic oxidation sites excluding steroid dienone is 1. The van der Waals surface area contributed by atoms with Crippen molar-refractivity contribution in [2.45, 2.75) is 0 Å². The summed E-state index contributed by atoms with van der Waals surface area (Å²) in [5.41, 5.74) is 9.05. The highest BCUT2D eigenvalue weighted by atomic mass is 79.9.